The Labute approximate surface area is 153 Å². The van der Waals surface area contributed by atoms with Gasteiger partial charge in [-0.2, -0.15) is 0 Å². The van der Waals surface area contributed by atoms with Gasteiger partial charge >= 0.3 is 0 Å². The van der Waals surface area contributed by atoms with Crippen LogP contribution in [-0.4, -0.2) is 44.6 Å². The molecule has 6 heteroatoms. The van der Waals surface area contributed by atoms with Crippen LogP contribution in [0.15, 0.2) is 54.6 Å². The molecule has 0 bridgehead atoms. The Morgan fingerprint density at radius 1 is 1.15 bits per heavy atom. The second kappa shape index (κ2) is 8.38. The maximum absolute atomic E-state index is 12.3. The minimum Gasteiger partial charge on any atom is -0.482 e. The number of nitrogens with one attached hydrogen (secondary N) is 1. The first-order chi connectivity index (χ1) is 12.7. The molecule has 136 valence electrons. The summed E-state index contributed by atoms with van der Waals surface area (Å²) in [6, 6.07) is 17.3. The number of benzene rings is 2. The molecule has 3 rings (SSSR count). The standard InChI is InChI=1S/C20H23N3O3/c1-2-22(16-8-4-3-5-9-16)13-12-21-19(24)14-23-17-10-6-7-11-18(17)26-15-20(23)25/h3-11H,2,12-15H2,1H3,(H,21,24). The molecule has 0 fully saturated rings. The lowest BCUT2D eigenvalue weighted by Gasteiger charge is -2.29. The van der Waals surface area contributed by atoms with Gasteiger partial charge in [-0.25, -0.2) is 0 Å². The van der Waals surface area contributed by atoms with Crippen molar-refractivity contribution in [3.8, 4) is 5.75 Å². The van der Waals surface area contributed by atoms with Crippen molar-refractivity contribution in [1.29, 1.82) is 0 Å². The summed E-state index contributed by atoms with van der Waals surface area (Å²) < 4.78 is 5.39. The minimum absolute atomic E-state index is 0.00330. The van der Waals surface area contributed by atoms with Gasteiger partial charge in [0, 0.05) is 25.3 Å². The van der Waals surface area contributed by atoms with Gasteiger partial charge in [0.05, 0.1) is 5.69 Å². The number of hydrogen-bond donors (Lipinski definition) is 1. The summed E-state index contributed by atoms with van der Waals surface area (Å²) in [4.78, 5) is 28.1. The maximum Gasteiger partial charge on any atom is 0.265 e. The molecule has 0 aromatic heterocycles. The molecule has 1 heterocycles. The number of carbonyl (C=O) groups excluding carboxylic acids is 2. The molecule has 2 aromatic carbocycles. The highest BCUT2D eigenvalue weighted by Crippen LogP contribution is 2.31. The van der Waals surface area contributed by atoms with Crippen molar-refractivity contribution in [2.45, 2.75) is 6.92 Å². The fraction of sp³-hybridized carbons (Fsp3) is 0.300. The predicted molar refractivity (Wildman–Crippen MR) is 102 cm³/mol. The van der Waals surface area contributed by atoms with Crippen molar-refractivity contribution in [1.82, 2.24) is 5.32 Å². The lowest BCUT2D eigenvalue weighted by atomic mass is 10.2. The Morgan fingerprint density at radius 3 is 2.65 bits per heavy atom. The lowest BCUT2D eigenvalue weighted by Crippen LogP contribution is -2.46. The number of anilines is 2. The molecule has 2 amide bonds. The highest BCUT2D eigenvalue weighted by atomic mass is 16.5. The second-order valence-electron chi connectivity index (χ2n) is 6.00. The molecule has 0 radical (unpaired) electrons. The monoisotopic (exact) mass is 353 g/mol. The van der Waals surface area contributed by atoms with E-state index in [1.54, 1.807) is 12.1 Å². The van der Waals surface area contributed by atoms with E-state index in [4.69, 9.17) is 4.74 Å². The zero-order valence-corrected chi connectivity index (χ0v) is 14.9. The van der Waals surface area contributed by atoms with Gasteiger partial charge in [0.2, 0.25) is 5.91 Å². The molecule has 1 aliphatic rings. The molecule has 0 unspecified atom stereocenters. The van der Waals surface area contributed by atoms with Crippen LogP contribution in [0.1, 0.15) is 6.92 Å². The van der Waals surface area contributed by atoms with Crippen molar-refractivity contribution >= 4 is 23.2 Å². The Bertz CT molecular complexity index is 764. The van der Waals surface area contributed by atoms with E-state index in [9.17, 15) is 9.59 Å². The number of ether oxygens (including phenoxy) is 1. The third-order valence-corrected chi connectivity index (χ3v) is 4.32. The zero-order valence-electron chi connectivity index (χ0n) is 14.9. The molecule has 0 aliphatic carbocycles. The van der Waals surface area contributed by atoms with Crippen molar-refractivity contribution in [2.75, 3.05) is 42.6 Å². The van der Waals surface area contributed by atoms with E-state index in [-0.39, 0.29) is 25.0 Å². The van der Waals surface area contributed by atoms with Gasteiger partial charge in [0.15, 0.2) is 6.61 Å². The van der Waals surface area contributed by atoms with Crippen LogP contribution < -0.4 is 19.9 Å². The molecule has 2 aromatic rings. The molecular formula is C20H23N3O3. The fourth-order valence-electron chi connectivity index (χ4n) is 2.97. The normalized spacial score (nSPS) is 13.0. The topological polar surface area (TPSA) is 61.9 Å². The van der Waals surface area contributed by atoms with Crippen molar-refractivity contribution in [3.05, 3.63) is 54.6 Å². The van der Waals surface area contributed by atoms with E-state index in [1.165, 1.54) is 4.90 Å². The summed E-state index contributed by atoms with van der Waals surface area (Å²) in [5.74, 6) is 0.235. The van der Waals surface area contributed by atoms with Gasteiger partial charge < -0.3 is 15.0 Å². The Hall–Kier alpha value is -3.02. The number of hydrogen-bond acceptors (Lipinski definition) is 4. The van der Waals surface area contributed by atoms with Crippen LogP contribution >= 0.6 is 0 Å². The van der Waals surface area contributed by atoms with Crippen LogP contribution in [0.4, 0.5) is 11.4 Å². The first kappa shape index (κ1) is 17.8. The summed E-state index contributed by atoms with van der Waals surface area (Å²) in [6.07, 6.45) is 0. The van der Waals surface area contributed by atoms with E-state index >= 15 is 0 Å². The van der Waals surface area contributed by atoms with Crippen LogP contribution in [-0.2, 0) is 9.59 Å². The molecule has 1 N–H and O–H groups in total. The van der Waals surface area contributed by atoms with Crippen LogP contribution in [0.5, 0.6) is 5.75 Å². The number of fused-ring (bicyclic) bond motifs is 1. The highest BCUT2D eigenvalue weighted by Gasteiger charge is 2.26. The predicted octanol–water partition coefficient (Wildman–Crippen LogP) is 2.05. The molecule has 0 spiro atoms. The first-order valence-electron chi connectivity index (χ1n) is 8.78. The molecule has 26 heavy (non-hydrogen) atoms. The van der Waals surface area contributed by atoms with Gasteiger partial charge in [-0.3, -0.25) is 14.5 Å². The molecule has 6 nitrogen and oxygen atoms in total. The van der Waals surface area contributed by atoms with E-state index in [2.05, 4.69) is 29.3 Å². The summed E-state index contributed by atoms with van der Waals surface area (Å²) in [5.41, 5.74) is 1.76. The Balaban J connectivity index is 1.54. The summed E-state index contributed by atoms with van der Waals surface area (Å²) in [6.45, 7) is 4.12. The lowest BCUT2D eigenvalue weighted by molar-refractivity contribution is -0.125. The van der Waals surface area contributed by atoms with Crippen molar-refractivity contribution in [3.63, 3.8) is 0 Å². The van der Waals surface area contributed by atoms with E-state index in [0.717, 1.165) is 12.2 Å². The van der Waals surface area contributed by atoms with E-state index in [1.807, 2.05) is 30.3 Å². The third kappa shape index (κ3) is 4.14. The maximum atomic E-state index is 12.3. The Morgan fingerprint density at radius 2 is 1.88 bits per heavy atom. The zero-order chi connectivity index (χ0) is 18.4. The van der Waals surface area contributed by atoms with Gasteiger partial charge in [-0.15, -0.1) is 0 Å². The fourth-order valence-corrected chi connectivity index (χ4v) is 2.97. The molecular weight excluding hydrogens is 330 g/mol. The molecule has 0 saturated carbocycles. The van der Waals surface area contributed by atoms with Crippen LogP contribution in [0.25, 0.3) is 0 Å². The smallest absolute Gasteiger partial charge is 0.265 e. The molecule has 0 saturated heterocycles. The quantitative estimate of drug-likeness (QED) is 0.828. The van der Waals surface area contributed by atoms with Gasteiger partial charge in [-0.1, -0.05) is 30.3 Å². The second-order valence-corrected chi connectivity index (χ2v) is 6.00. The van der Waals surface area contributed by atoms with Crippen LogP contribution in [0.2, 0.25) is 0 Å². The number of likely N-dealkylation sites (N-methyl/N-ethyl adjacent to an activating group) is 1. The highest BCUT2D eigenvalue weighted by molar-refractivity contribution is 6.02. The summed E-state index contributed by atoms with van der Waals surface area (Å²) in [7, 11) is 0. The van der Waals surface area contributed by atoms with Crippen LogP contribution in [0.3, 0.4) is 0 Å². The van der Waals surface area contributed by atoms with Crippen molar-refractivity contribution < 1.29 is 14.3 Å². The number of nitrogens with zero attached hydrogens (tertiary/aromatic N) is 2. The summed E-state index contributed by atoms with van der Waals surface area (Å²) in [5, 5.41) is 2.90. The van der Waals surface area contributed by atoms with Gasteiger partial charge in [-0.05, 0) is 31.2 Å². The molecule has 0 atom stereocenters. The van der Waals surface area contributed by atoms with Crippen LogP contribution in [0, 0.1) is 0 Å². The average molecular weight is 353 g/mol. The SMILES string of the molecule is CCN(CCNC(=O)CN1C(=O)COc2ccccc21)c1ccccc1. The van der Waals surface area contributed by atoms with Gasteiger partial charge in [0.1, 0.15) is 12.3 Å². The largest absolute Gasteiger partial charge is 0.482 e. The number of carbonyl (C=O) groups is 2. The average Bonchev–Trinajstić information content (AvgIpc) is 2.68. The first-order valence-corrected chi connectivity index (χ1v) is 8.78. The van der Waals surface area contributed by atoms with E-state index < -0.39 is 0 Å². The van der Waals surface area contributed by atoms with Crippen molar-refractivity contribution in [2.24, 2.45) is 0 Å². The van der Waals surface area contributed by atoms with E-state index in [0.29, 0.717) is 24.5 Å². The van der Waals surface area contributed by atoms with Gasteiger partial charge in [0.25, 0.3) is 5.91 Å². The third-order valence-electron chi connectivity index (χ3n) is 4.32. The number of rotatable bonds is 7. The number of amides is 2. The molecule has 1 aliphatic heterocycles. The number of para-hydroxylation sites is 3. The Kier molecular flexibility index (Phi) is 5.73. The summed E-state index contributed by atoms with van der Waals surface area (Å²) >= 11 is 0. The minimum atomic E-state index is -0.210.